The maximum atomic E-state index is 12.6. The van der Waals surface area contributed by atoms with Gasteiger partial charge in [-0.05, 0) is 55.6 Å². The minimum Gasteiger partial charge on any atom is -0.496 e. The van der Waals surface area contributed by atoms with Crippen molar-refractivity contribution in [1.82, 2.24) is 4.90 Å². The predicted molar refractivity (Wildman–Crippen MR) is 106 cm³/mol. The maximum absolute atomic E-state index is 12.6. The van der Waals surface area contributed by atoms with Crippen LogP contribution in [-0.2, 0) is 17.8 Å². The first kappa shape index (κ1) is 18.5. The zero-order chi connectivity index (χ0) is 18.7. The number of ether oxygens (including phenoxy) is 1. The Hall–Kier alpha value is -2.33. The Kier molecular flexibility index (Phi) is 5.62. The molecular weight excluding hydrogens is 324 g/mol. The van der Waals surface area contributed by atoms with Gasteiger partial charge in [-0.3, -0.25) is 4.79 Å². The predicted octanol–water partition coefficient (Wildman–Crippen LogP) is 3.72. The summed E-state index contributed by atoms with van der Waals surface area (Å²) in [5.74, 6) is 1.17. The summed E-state index contributed by atoms with van der Waals surface area (Å²) < 4.78 is 5.44. The second-order valence-corrected chi connectivity index (χ2v) is 7.17. The summed E-state index contributed by atoms with van der Waals surface area (Å²) in [5.41, 5.74) is 5.92. The molecule has 4 heteroatoms. The van der Waals surface area contributed by atoms with Crippen molar-refractivity contribution in [1.29, 1.82) is 0 Å². The van der Waals surface area contributed by atoms with Crippen LogP contribution in [0.4, 0.5) is 5.69 Å². The van der Waals surface area contributed by atoms with Gasteiger partial charge in [0.05, 0.1) is 7.11 Å². The summed E-state index contributed by atoms with van der Waals surface area (Å²) in [6.07, 6.45) is 1.50. The molecule has 138 valence electrons. The van der Waals surface area contributed by atoms with Crippen molar-refractivity contribution in [3.63, 3.8) is 0 Å². The molecule has 2 aromatic rings. The molecule has 0 fully saturated rings. The van der Waals surface area contributed by atoms with Crippen LogP contribution in [0.25, 0.3) is 0 Å². The van der Waals surface area contributed by atoms with Gasteiger partial charge in [0, 0.05) is 31.7 Å². The van der Waals surface area contributed by atoms with Crippen LogP contribution in [0.15, 0.2) is 36.4 Å². The van der Waals surface area contributed by atoms with Crippen LogP contribution in [0, 0.1) is 13.8 Å². The lowest BCUT2D eigenvalue weighted by Crippen LogP contribution is -2.32. The van der Waals surface area contributed by atoms with E-state index in [2.05, 4.69) is 44.0 Å². The third kappa shape index (κ3) is 3.91. The van der Waals surface area contributed by atoms with Crippen molar-refractivity contribution in [2.75, 3.05) is 32.1 Å². The number of nitrogens with zero attached hydrogens (tertiary/aromatic N) is 2. The quantitative estimate of drug-likeness (QED) is 0.794. The van der Waals surface area contributed by atoms with Gasteiger partial charge in [0.25, 0.3) is 0 Å². The van der Waals surface area contributed by atoms with Crippen molar-refractivity contribution < 1.29 is 9.53 Å². The summed E-state index contributed by atoms with van der Waals surface area (Å²) in [7, 11) is 3.78. The Morgan fingerprint density at radius 2 is 1.88 bits per heavy atom. The minimum absolute atomic E-state index is 0.212. The second-order valence-electron chi connectivity index (χ2n) is 7.17. The standard InChI is InChI=1S/C22H28N2O2/c1-16-13-18(14-17(2)22(16)26-4)15-23(3)11-10-21(25)24-12-9-19-7-5-6-8-20(19)24/h5-8,13-14H,9-12,15H2,1-4H3. The van der Waals surface area contributed by atoms with E-state index in [9.17, 15) is 4.79 Å². The zero-order valence-corrected chi connectivity index (χ0v) is 16.2. The summed E-state index contributed by atoms with van der Waals surface area (Å²) >= 11 is 0. The van der Waals surface area contributed by atoms with Gasteiger partial charge in [-0.2, -0.15) is 0 Å². The van der Waals surface area contributed by atoms with E-state index in [1.54, 1.807) is 7.11 Å². The Labute approximate surface area is 156 Å². The van der Waals surface area contributed by atoms with E-state index >= 15 is 0 Å². The van der Waals surface area contributed by atoms with Crippen molar-refractivity contribution >= 4 is 11.6 Å². The molecule has 1 aliphatic rings. The molecule has 0 N–H and O–H groups in total. The number of benzene rings is 2. The highest BCUT2D eigenvalue weighted by atomic mass is 16.5. The smallest absolute Gasteiger partial charge is 0.228 e. The van der Waals surface area contributed by atoms with Crippen molar-refractivity contribution in [3.8, 4) is 5.75 Å². The number of carbonyl (C=O) groups is 1. The number of rotatable bonds is 6. The number of methoxy groups -OCH3 is 1. The lowest BCUT2D eigenvalue weighted by molar-refractivity contribution is -0.118. The van der Waals surface area contributed by atoms with E-state index in [0.717, 1.165) is 48.6 Å². The van der Waals surface area contributed by atoms with Gasteiger partial charge in [0.2, 0.25) is 5.91 Å². The Morgan fingerprint density at radius 1 is 1.19 bits per heavy atom. The highest BCUT2D eigenvalue weighted by Crippen LogP contribution is 2.28. The number of hydrogen-bond acceptors (Lipinski definition) is 3. The Balaban J connectivity index is 1.56. The maximum Gasteiger partial charge on any atom is 0.228 e. The number of para-hydroxylation sites is 1. The van der Waals surface area contributed by atoms with Gasteiger partial charge in [-0.15, -0.1) is 0 Å². The van der Waals surface area contributed by atoms with Crippen LogP contribution in [0.2, 0.25) is 0 Å². The first-order valence-electron chi connectivity index (χ1n) is 9.20. The van der Waals surface area contributed by atoms with Gasteiger partial charge in [0.15, 0.2) is 0 Å². The van der Waals surface area contributed by atoms with E-state index in [4.69, 9.17) is 4.74 Å². The first-order chi connectivity index (χ1) is 12.5. The van der Waals surface area contributed by atoms with Gasteiger partial charge in [-0.25, -0.2) is 0 Å². The fraction of sp³-hybridized carbons (Fsp3) is 0.409. The van der Waals surface area contributed by atoms with E-state index in [-0.39, 0.29) is 5.91 Å². The van der Waals surface area contributed by atoms with E-state index in [1.165, 1.54) is 11.1 Å². The van der Waals surface area contributed by atoms with E-state index in [0.29, 0.717) is 6.42 Å². The van der Waals surface area contributed by atoms with E-state index < -0.39 is 0 Å². The summed E-state index contributed by atoms with van der Waals surface area (Å²) in [6.45, 7) is 6.53. The molecule has 2 aromatic carbocycles. The molecule has 0 saturated carbocycles. The molecule has 1 amide bonds. The lowest BCUT2D eigenvalue weighted by atomic mass is 10.1. The number of hydrogen-bond donors (Lipinski definition) is 0. The highest BCUT2D eigenvalue weighted by Gasteiger charge is 2.23. The molecule has 4 nitrogen and oxygen atoms in total. The average molecular weight is 352 g/mol. The van der Waals surface area contributed by atoms with Gasteiger partial charge in [-0.1, -0.05) is 30.3 Å². The second kappa shape index (κ2) is 7.92. The van der Waals surface area contributed by atoms with Gasteiger partial charge in [0.1, 0.15) is 5.75 Å². The number of amides is 1. The molecule has 0 saturated heterocycles. The molecule has 1 heterocycles. The van der Waals surface area contributed by atoms with Crippen LogP contribution < -0.4 is 9.64 Å². The van der Waals surface area contributed by atoms with E-state index in [1.807, 2.05) is 23.1 Å². The van der Waals surface area contributed by atoms with Crippen molar-refractivity contribution in [3.05, 3.63) is 58.7 Å². The first-order valence-corrected chi connectivity index (χ1v) is 9.20. The number of carbonyl (C=O) groups excluding carboxylic acids is 1. The largest absolute Gasteiger partial charge is 0.496 e. The molecule has 0 aromatic heterocycles. The SMILES string of the molecule is COc1c(C)cc(CN(C)CCC(=O)N2CCc3ccccc32)cc1C. The molecule has 0 spiro atoms. The zero-order valence-electron chi connectivity index (χ0n) is 16.2. The molecule has 1 aliphatic heterocycles. The molecule has 0 atom stereocenters. The third-order valence-corrected chi connectivity index (χ3v) is 5.07. The van der Waals surface area contributed by atoms with Crippen molar-refractivity contribution in [2.24, 2.45) is 0 Å². The molecule has 0 bridgehead atoms. The molecular formula is C22H28N2O2. The topological polar surface area (TPSA) is 32.8 Å². The lowest BCUT2D eigenvalue weighted by Gasteiger charge is -2.21. The number of fused-ring (bicyclic) bond motifs is 1. The summed E-state index contributed by atoms with van der Waals surface area (Å²) in [4.78, 5) is 16.8. The Bertz CT molecular complexity index is 777. The Morgan fingerprint density at radius 3 is 2.58 bits per heavy atom. The molecule has 0 unspecified atom stereocenters. The van der Waals surface area contributed by atoms with Crippen LogP contribution >= 0.6 is 0 Å². The molecule has 0 radical (unpaired) electrons. The van der Waals surface area contributed by atoms with Crippen LogP contribution in [0.5, 0.6) is 5.75 Å². The normalized spacial score (nSPS) is 13.2. The number of anilines is 1. The van der Waals surface area contributed by atoms with Crippen molar-refractivity contribution in [2.45, 2.75) is 33.2 Å². The van der Waals surface area contributed by atoms with Crippen LogP contribution in [0.1, 0.15) is 28.7 Å². The third-order valence-electron chi connectivity index (χ3n) is 5.07. The molecule has 26 heavy (non-hydrogen) atoms. The van der Waals surface area contributed by atoms with Crippen LogP contribution in [-0.4, -0.2) is 38.1 Å². The molecule has 3 rings (SSSR count). The minimum atomic E-state index is 0.212. The fourth-order valence-electron chi connectivity index (χ4n) is 3.86. The molecule has 0 aliphatic carbocycles. The average Bonchev–Trinajstić information content (AvgIpc) is 3.03. The summed E-state index contributed by atoms with van der Waals surface area (Å²) in [5, 5.41) is 0. The van der Waals surface area contributed by atoms with Gasteiger partial charge >= 0.3 is 0 Å². The number of aryl methyl sites for hydroxylation is 2. The monoisotopic (exact) mass is 352 g/mol. The fourth-order valence-corrected chi connectivity index (χ4v) is 3.86. The van der Waals surface area contributed by atoms with Gasteiger partial charge < -0.3 is 14.5 Å². The summed E-state index contributed by atoms with van der Waals surface area (Å²) in [6, 6.07) is 12.5. The van der Waals surface area contributed by atoms with Crippen LogP contribution in [0.3, 0.4) is 0 Å². The highest BCUT2D eigenvalue weighted by molar-refractivity contribution is 5.95.